The molecule has 0 aliphatic rings. The molecule has 1 aromatic carbocycles. The first-order valence-electron chi connectivity index (χ1n) is 6.03. The van der Waals surface area contributed by atoms with Crippen LogP contribution in [0.1, 0.15) is 25.8 Å². The summed E-state index contributed by atoms with van der Waals surface area (Å²) in [5.41, 5.74) is 7.00. The van der Waals surface area contributed by atoms with E-state index in [1.165, 1.54) is 5.56 Å². The summed E-state index contributed by atoms with van der Waals surface area (Å²) in [6, 6.07) is 6.14. The van der Waals surface area contributed by atoms with Crippen LogP contribution in [0.25, 0.3) is 0 Å². The fourth-order valence-electron chi connectivity index (χ4n) is 2.13. The summed E-state index contributed by atoms with van der Waals surface area (Å²) in [6.45, 7) is 4.25. The predicted molar refractivity (Wildman–Crippen MR) is 70.7 cm³/mol. The van der Waals surface area contributed by atoms with Crippen molar-refractivity contribution in [1.29, 1.82) is 0 Å². The van der Waals surface area contributed by atoms with Gasteiger partial charge in [-0.3, -0.25) is 0 Å². The highest BCUT2D eigenvalue weighted by atomic mass is 16.5. The average Bonchev–Trinajstić information content (AvgIpc) is 2.27. The number of hydrogen-bond acceptors (Lipinski definition) is 3. The topological polar surface area (TPSA) is 44.5 Å². The first kappa shape index (κ1) is 13.8. The van der Waals surface area contributed by atoms with Crippen LogP contribution in [0.15, 0.2) is 18.2 Å². The van der Waals surface area contributed by atoms with Gasteiger partial charge in [-0.2, -0.15) is 0 Å². The van der Waals surface area contributed by atoms with Crippen LogP contribution >= 0.6 is 0 Å². The van der Waals surface area contributed by atoms with E-state index in [0.29, 0.717) is 5.92 Å². The van der Waals surface area contributed by atoms with Crippen LogP contribution in [-0.2, 0) is 6.42 Å². The number of methoxy groups -OCH3 is 2. The molecule has 1 aromatic rings. The Bertz CT molecular complexity index is 350. The maximum Gasteiger partial charge on any atom is 0.122 e. The average molecular weight is 237 g/mol. The van der Waals surface area contributed by atoms with Crippen LogP contribution in [0.4, 0.5) is 0 Å². The van der Waals surface area contributed by atoms with Gasteiger partial charge in [0, 0.05) is 6.04 Å². The second-order valence-electron chi connectivity index (χ2n) is 4.70. The van der Waals surface area contributed by atoms with Gasteiger partial charge in [0.05, 0.1) is 14.2 Å². The third-order valence-corrected chi connectivity index (χ3v) is 2.83. The van der Waals surface area contributed by atoms with E-state index in [1.807, 2.05) is 25.1 Å². The zero-order chi connectivity index (χ0) is 12.8. The first-order valence-corrected chi connectivity index (χ1v) is 6.03. The summed E-state index contributed by atoms with van der Waals surface area (Å²) < 4.78 is 10.6. The molecule has 0 bridgehead atoms. The van der Waals surface area contributed by atoms with E-state index in [1.54, 1.807) is 14.2 Å². The summed E-state index contributed by atoms with van der Waals surface area (Å²) in [6.07, 6.45) is 1.97. The molecule has 0 saturated heterocycles. The van der Waals surface area contributed by atoms with Crippen molar-refractivity contribution in [2.75, 3.05) is 14.2 Å². The minimum atomic E-state index is 0.238. The Balaban J connectivity index is 2.80. The van der Waals surface area contributed by atoms with Gasteiger partial charge in [0.15, 0.2) is 0 Å². The minimum Gasteiger partial charge on any atom is -0.497 e. The summed E-state index contributed by atoms with van der Waals surface area (Å²) in [5, 5.41) is 0. The first-order chi connectivity index (χ1) is 8.06. The lowest BCUT2D eigenvalue weighted by atomic mass is 9.94. The minimum absolute atomic E-state index is 0.238. The highest BCUT2D eigenvalue weighted by Crippen LogP contribution is 2.27. The second-order valence-corrected chi connectivity index (χ2v) is 4.70. The van der Waals surface area contributed by atoms with Crippen molar-refractivity contribution in [3.05, 3.63) is 23.8 Å². The Labute approximate surface area is 104 Å². The molecule has 0 aliphatic heterocycles. The molecule has 0 aromatic heterocycles. The Hall–Kier alpha value is -1.22. The normalized spacial score (nSPS) is 14.2. The number of benzene rings is 1. The Morgan fingerprint density at radius 3 is 2.41 bits per heavy atom. The van der Waals surface area contributed by atoms with Crippen molar-refractivity contribution in [3.8, 4) is 11.5 Å². The second kappa shape index (κ2) is 6.50. The van der Waals surface area contributed by atoms with Crippen molar-refractivity contribution in [2.45, 2.75) is 32.7 Å². The summed E-state index contributed by atoms with van der Waals surface area (Å²) in [4.78, 5) is 0. The van der Waals surface area contributed by atoms with Crippen molar-refractivity contribution in [1.82, 2.24) is 0 Å². The van der Waals surface area contributed by atoms with Crippen LogP contribution in [0.2, 0.25) is 0 Å². The molecule has 1 rings (SSSR count). The fraction of sp³-hybridized carbons (Fsp3) is 0.571. The van der Waals surface area contributed by atoms with Gasteiger partial charge < -0.3 is 15.2 Å². The lowest BCUT2D eigenvalue weighted by molar-refractivity contribution is 0.392. The van der Waals surface area contributed by atoms with E-state index < -0.39 is 0 Å². The van der Waals surface area contributed by atoms with Crippen molar-refractivity contribution < 1.29 is 9.47 Å². The molecule has 3 heteroatoms. The molecular formula is C14H23NO2. The molecule has 2 unspecified atom stereocenters. The molecule has 0 fully saturated rings. The van der Waals surface area contributed by atoms with Crippen LogP contribution in [0, 0.1) is 5.92 Å². The van der Waals surface area contributed by atoms with Gasteiger partial charge >= 0.3 is 0 Å². The lowest BCUT2D eigenvalue weighted by Gasteiger charge is -2.16. The molecule has 2 atom stereocenters. The van der Waals surface area contributed by atoms with E-state index in [4.69, 9.17) is 15.2 Å². The Morgan fingerprint density at radius 1 is 1.18 bits per heavy atom. The SMILES string of the molecule is COc1ccc(OC)c(CC(C)CC(C)N)c1. The van der Waals surface area contributed by atoms with E-state index >= 15 is 0 Å². The highest BCUT2D eigenvalue weighted by Gasteiger charge is 2.11. The van der Waals surface area contributed by atoms with E-state index in [-0.39, 0.29) is 6.04 Å². The van der Waals surface area contributed by atoms with Gasteiger partial charge in [0.1, 0.15) is 11.5 Å². The molecule has 0 heterocycles. The third kappa shape index (κ3) is 4.27. The van der Waals surface area contributed by atoms with Crippen LogP contribution in [-0.4, -0.2) is 20.3 Å². The van der Waals surface area contributed by atoms with Crippen molar-refractivity contribution >= 4 is 0 Å². The standard InChI is InChI=1S/C14H23NO2/c1-10(7-11(2)15)8-12-9-13(16-3)5-6-14(12)17-4/h5-6,9-11H,7-8,15H2,1-4H3. The zero-order valence-electron chi connectivity index (χ0n) is 11.2. The molecule has 0 spiro atoms. The summed E-state index contributed by atoms with van der Waals surface area (Å²) >= 11 is 0. The molecular weight excluding hydrogens is 214 g/mol. The van der Waals surface area contributed by atoms with Crippen LogP contribution < -0.4 is 15.2 Å². The molecule has 2 N–H and O–H groups in total. The van der Waals surface area contributed by atoms with Crippen LogP contribution in [0.3, 0.4) is 0 Å². The van der Waals surface area contributed by atoms with E-state index in [2.05, 4.69) is 6.92 Å². The van der Waals surface area contributed by atoms with Gasteiger partial charge in [-0.1, -0.05) is 6.92 Å². The summed E-state index contributed by atoms with van der Waals surface area (Å²) in [5.74, 6) is 2.33. The number of nitrogens with two attached hydrogens (primary N) is 1. The predicted octanol–water partition coefficient (Wildman–Crippen LogP) is 2.62. The largest absolute Gasteiger partial charge is 0.497 e. The Kier molecular flexibility index (Phi) is 5.29. The molecule has 0 aliphatic carbocycles. The monoisotopic (exact) mass is 237 g/mol. The van der Waals surface area contributed by atoms with Crippen molar-refractivity contribution in [2.24, 2.45) is 11.7 Å². The smallest absolute Gasteiger partial charge is 0.122 e. The fourth-order valence-corrected chi connectivity index (χ4v) is 2.13. The molecule has 3 nitrogen and oxygen atoms in total. The third-order valence-electron chi connectivity index (χ3n) is 2.83. The molecule has 0 saturated carbocycles. The summed E-state index contributed by atoms with van der Waals surface area (Å²) in [7, 11) is 3.37. The van der Waals surface area contributed by atoms with Gasteiger partial charge in [-0.25, -0.2) is 0 Å². The maximum atomic E-state index is 5.82. The number of rotatable bonds is 6. The zero-order valence-corrected chi connectivity index (χ0v) is 11.2. The van der Waals surface area contributed by atoms with E-state index in [9.17, 15) is 0 Å². The molecule has 96 valence electrons. The van der Waals surface area contributed by atoms with Gasteiger partial charge in [-0.05, 0) is 49.4 Å². The van der Waals surface area contributed by atoms with E-state index in [0.717, 1.165) is 24.3 Å². The quantitative estimate of drug-likeness (QED) is 0.827. The highest BCUT2D eigenvalue weighted by molar-refractivity contribution is 5.40. The van der Waals surface area contributed by atoms with Gasteiger partial charge in [0.25, 0.3) is 0 Å². The number of hydrogen-bond donors (Lipinski definition) is 1. The molecule has 17 heavy (non-hydrogen) atoms. The molecule has 0 radical (unpaired) electrons. The molecule has 0 amide bonds. The van der Waals surface area contributed by atoms with Crippen LogP contribution in [0.5, 0.6) is 11.5 Å². The van der Waals surface area contributed by atoms with Gasteiger partial charge in [0.2, 0.25) is 0 Å². The lowest BCUT2D eigenvalue weighted by Crippen LogP contribution is -2.19. The maximum absolute atomic E-state index is 5.82. The van der Waals surface area contributed by atoms with Gasteiger partial charge in [-0.15, -0.1) is 0 Å². The van der Waals surface area contributed by atoms with Crippen molar-refractivity contribution in [3.63, 3.8) is 0 Å². The number of ether oxygens (including phenoxy) is 2. The Morgan fingerprint density at radius 2 is 1.88 bits per heavy atom.